The zero-order chi connectivity index (χ0) is 14.2. The molecule has 0 aromatic carbocycles. The van der Waals surface area contributed by atoms with Gasteiger partial charge in [-0.25, -0.2) is 0 Å². The number of hydrogen-bond donors (Lipinski definition) is 0. The molecule has 0 heterocycles. The van der Waals surface area contributed by atoms with Gasteiger partial charge in [0.25, 0.3) is 0 Å². The maximum atomic E-state index is 6.25. The van der Waals surface area contributed by atoms with Gasteiger partial charge in [0.05, 0.1) is 18.3 Å². The SMILES string of the molecule is CCCC(C)(C)CC(COCC)OC(C)(C)CC. The van der Waals surface area contributed by atoms with Crippen molar-refractivity contribution < 1.29 is 9.47 Å². The molecule has 2 heteroatoms. The molecule has 0 aliphatic carbocycles. The lowest BCUT2D eigenvalue weighted by Crippen LogP contribution is -2.35. The lowest BCUT2D eigenvalue weighted by molar-refractivity contribution is -0.115. The Hall–Kier alpha value is -0.0800. The molecule has 0 aromatic heterocycles. The van der Waals surface area contributed by atoms with Crippen LogP contribution in [-0.4, -0.2) is 24.9 Å². The molecular weight excluding hydrogens is 224 g/mol. The summed E-state index contributed by atoms with van der Waals surface area (Å²) in [6.45, 7) is 16.9. The molecule has 0 bridgehead atoms. The van der Waals surface area contributed by atoms with Crippen molar-refractivity contribution in [2.75, 3.05) is 13.2 Å². The van der Waals surface area contributed by atoms with E-state index >= 15 is 0 Å². The molecule has 0 aromatic rings. The quantitative estimate of drug-likeness (QED) is 0.559. The van der Waals surface area contributed by atoms with Crippen molar-refractivity contribution in [3.63, 3.8) is 0 Å². The highest BCUT2D eigenvalue weighted by Gasteiger charge is 2.28. The van der Waals surface area contributed by atoms with Crippen molar-refractivity contribution >= 4 is 0 Å². The maximum absolute atomic E-state index is 6.25. The topological polar surface area (TPSA) is 18.5 Å². The van der Waals surface area contributed by atoms with Gasteiger partial charge in [0.1, 0.15) is 0 Å². The van der Waals surface area contributed by atoms with Crippen LogP contribution in [0.4, 0.5) is 0 Å². The van der Waals surface area contributed by atoms with Gasteiger partial charge in [-0.1, -0.05) is 34.1 Å². The van der Waals surface area contributed by atoms with Crippen molar-refractivity contribution in [2.24, 2.45) is 5.41 Å². The van der Waals surface area contributed by atoms with Crippen LogP contribution in [0, 0.1) is 5.41 Å². The van der Waals surface area contributed by atoms with E-state index in [0.717, 1.165) is 19.4 Å². The molecule has 0 aliphatic rings. The third-order valence-corrected chi connectivity index (χ3v) is 3.55. The van der Waals surface area contributed by atoms with Gasteiger partial charge in [0, 0.05) is 6.61 Å². The van der Waals surface area contributed by atoms with Gasteiger partial charge in [-0.3, -0.25) is 0 Å². The fraction of sp³-hybridized carbons (Fsp3) is 1.00. The summed E-state index contributed by atoms with van der Waals surface area (Å²) in [6.07, 6.45) is 4.78. The molecular formula is C16H34O2. The monoisotopic (exact) mass is 258 g/mol. The zero-order valence-corrected chi connectivity index (χ0v) is 13.6. The Morgan fingerprint density at radius 1 is 1.00 bits per heavy atom. The molecule has 0 rings (SSSR count). The molecule has 0 radical (unpaired) electrons. The van der Waals surface area contributed by atoms with Crippen LogP contribution < -0.4 is 0 Å². The number of ether oxygens (including phenoxy) is 2. The summed E-state index contributed by atoms with van der Waals surface area (Å²) in [4.78, 5) is 0. The molecule has 2 nitrogen and oxygen atoms in total. The Bertz CT molecular complexity index is 209. The normalized spacial score (nSPS) is 14.8. The molecule has 1 unspecified atom stereocenters. The first-order chi connectivity index (χ1) is 8.26. The van der Waals surface area contributed by atoms with Crippen LogP contribution in [0.3, 0.4) is 0 Å². The summed E-state index contributed by atoms with van der Waals surface area (Å²) in [5.41, 5.74) is 0.282. The highest BCUT2D eigenvalue weighted by Crippen LogP contribution is 2.31. The van der Waals surface area contributed by atoms with E-state index in [-0.39, 0.29) is 11.7 Å². The number of hydrogen-bond acceptors (Lipinski definition) is 2. The molecule has 0 saturated carbocycles. The van der Waals surface area contributed by atoms with Crippen LogP contribution >= 0.6 is 0 Å². The fourth-order valence-electron chi connectivity index (χ4n) is 2.31. The lowest BCUT2D eigenvalue weighted by atomic mass is 9.82. The van der Waals surface area contributed by atoms with Crippen molar-refractivity contribution in [3.8, 4) is 0 Å². The van der Waals surface area contributed by atoms with E-state index in [0.29, 0.717) is 12.0 Å². The smallest absolute Gasteiger partial charge is 0.0820 e. The largest absolute Gasteiger partial charge is 0.379 e. The molecule has 0 N–H and O–H groups in total. The zero-order valence-electron chi connectivity index (χ0n) is 13.6. The molecule has 0 aliphatic heterocycles. The van der Waals surface area contributed by atoms with E-state index in [1.54, 1.807) is 0 Å². The van der Waals surface area contributed by atoms with Gasteiger partial charge in [-0.2, -0.15) is 0 Å². The van der Waals surface area contributed by atoms with Crippen molar-refractivity contribution in [1.29, 1.82) is 0 Å². The van der Waals surface area contributed by atoms with Crippen LogP contribution in [-0.2, 0) is 9.47 Å². The number of rotatable bonds is 10. The van der Waals surface area contributed by atoms with Gasteiger partial charge in [-0.05, 0) is 45.4 Å². The van der Waals surface area contributed by atoms with Crippen LogP contribution in [0.1, 0.15) is 74.1 Å². The van der Waals surface area contributed by atoms with E-state index in [9.17, 15) is 0 Å². The average Bonchev–Trinajstić information content (AvgIpc) is 2.25. The van der Waals surface area contributed by atoms with Gasteiger partial charge >= 0.3 is 0 Å². The molecule has 0 spiro atoms. The minimum Gasteiger partial charge on any atom is -0.379 e. The van der Waals surface area contributed by atoms with Gasteiger partial charge in [0.2, 0.25) is 0 Å². The van der Waals surface area contributed by atoms with Gasteiger partial charge < -0.3 is 9.47 Å². The highest BCUT2D eigenvalue weighted by atomic mass is 16.5. The van der Waals surface area contributed by atoms with Crippen LogP contribution in [0.2, 0.25) is 0 Å². The Morgan fingerprint density at radius 2 is 1.61 bits per heavy atom. The van der Waals surface area contributed by atoms with Crippen molar-refractivity contribution in [1.82, 2.24) is 0 Å². The summed E-state index contributed by atoms with van der Waals surface area (Å²) in [5.74, 6) is 0. The lowest BCUT2D eigenvalue weighted by Gasteiger charge is -2.35. The standard InChI is InChI=1S/C16H34O2/c1-8-11-15(4,5)12-14(13-17-10-3)18-16(6,7)9-2/h14H,8-13H2,1-7H3. The van der Waals surface area contributed by atoms with E-state index in [1.165, 1.54) is 12.8 Å². The van der Waals surface area contributed by atoms with Crippen molar-refractivity contribution in [2.45, 2.75) is 85.9 Å². The first kappa shape index (κ1) is 17.9. The molecule has 0 fully saturated rings. The summed E-state index contributed by atoms with van der Waals surface area (Å²) in [6, 6.07) is 0. The average molecular weight is 258 g/mol. The Balaban J connectivity index is 4.48. The third kappa shape index (κ3) is 8.10. The van der Waals surface area contributed by atoms with Gasteiger partial charge in [0.15, 0.2) is 0 Å². The Morgan fingerprint density at radius 3 is 2.06 bits per heavy atom. The van der Waals surface area contributed by atoms with E-state index in [4.69, 9.17) is 9.47 Å². The second-order valence-corrected chi connectivity index (χ2v) is 6.63. The van der Waals surface area contributed by atoms with E-state index in [2.05, 4.69) is 41.5 Å². The first-order valence-corrected chi connectivity index (χ1v) is 7.52. The van der Waals surface area contributed by atoms with E-state index < -0.39 is 0 Å². The molecule has 1 atom stereocenters. The fourth-order valence-corrected chi connectivity index (χ4v) is 2.31. The van der Waals surface area contributed by atoms with Gasteiger partial charge in [-0.15, -0.1) is 0 Å². The first-order valence-electron chi connectivity index (χ1n) is 7.52. The Kier molecular flexibility index (Phi) is 8.13. The van der Waals surface area contributed by atoms with Crippen LogP contribution in [0.15, 0.2) is 0 Å². The van der Waals surface area contributed by atoms with E-state index in [1.807, 2.05) is 6.92 Å². The maximum Gasteiger partial charge on any atom is 0.0820 e. The molecule has 0 amide bonds. The summed E-state index contributed by atoms with van der Waals surface area (Å²) in [7, 11) is 0. The van der Waals surface area contributed by atoms with Crippen LogP contribution in [0.25, 0.3) is 0 Å². The highest BCUT2D eigenvalue weighted by molar-refractivity contribution is 4.77. The molecule has 18 heavy (non-hydrogen) atoms. The summed E-state index contributed by atoms with van der Waals surface area (Å²) in [5, 5.41) is 0. The molecule has 0 saturated heterocycles. The Labute approximate surface area is 114 Å². The van der Waals surface area contributed by atoms with Crippen molar-refractivity contribution in [3.05, 3.63) is 0 Å². The minimum absolute atomic E-state index is 0.0515. The third-order valence-electron chi connectivity index (χ3n) is 3.55. The van der Waals surface area contributed by atoms with Crippen LogP contribution in [0.5, 0.6) is 0 Å². The summed E-state index contributed by atoms with van der Waals surface area (Å²) < 4.78 is 11.8. The second-order valence-electron chi connectivity index (χ2n) is 6.63. The summed E-state index contributed by atoms with van der Waals surface area (Å²) >= 11 is 0. The predicted octanol–water partition coefficient (Wildman–Crippen LogP) is 4.81. The second kappa shape index (κ2) is 8.16. The predicted molar refractivity (Wildman–Crippen MR) is 79.0 cm³/mol. The minimum atomic E-state index is -0.0515. The molecule has 110 valence electrons.